The van der Waals surface area contributed by atoms with E-state index in [9.17, 15) is 5.11 Å². The molecule has 0 saturated carbocycles. The monoisotopic (exact) mass is 223 g/mol. The molecule has 3 nitrogen and oxygen atoms in total. The summed E-state index contributed by atoms with van der Waals surface area (Å²) in [7, 11) is 0. The molecule has 0 spiro atoms. The molecule has 1 aromatic rings. The van der Waals surface area contributed by atoms with E-state index in [1.54, 1.807) is 6.92 Å². The number of benzene rings is 1. The van der Waals surface area contributed by atoms with Gasteiger partial charge in [-0.05, 0) is 31.0 Å². The first kappa shape index (κ1) is 13.0. The van der Waals surface area contributed by atoms with Crippen LogP contribution < -0.4 is 10.5 Å². The van der Waals surface area contributed by atoms with Gasteiger partial charge in [-0.2, -0.15) is 0 Å². The molecular formula is C13H21NO2. The Labute approximate surface area is 97.2 Å². The first-order chi connectivity index (χ1) is 7.57. The van der Waals surface area contributed by atoms with E-state index >= 15 is 0 Å². The number of hydrogen-bond acceptors (Lipinski definition) is 3. The van der Waals surface area contributed by atoms with Crippen LogP contribution in [0.25, 0.3) is 0 Å². The first-order valence-electron chi connectivity index (χ1n) is 5.71. The van der Waals surface area contributed by atoms with Crippen LogP contribution in [0.4, 0.5) is 0 Å². The summed E-state index contributed by atoms with van der Waals surface area (Å²) < 4.78 is 5.46. The van der Waals surface area contributed by atoms with Crippen LogP contribution in [-0.2, 0) is 6.42 Å². The summed E-state index contributed by atoms with van der Waals surface area (Å²) in [5, 5.41) is 9.67. The standard InChI is InChI=1S/C13H21NO2/c1-3-4-11-5-7-12(8-6-11)16-10-13(2,15)9-14/h5-8,15H,3-4,9-10,14H2,1-2H3. The Bertz CT molecular complexity index is 306. The lowest BCUT2D eigenvalue weighted by molar-refractivity contribution is 0.0196. The predicted molar refractivity (Wildman–Crippen MR) is 65.6 cm³/mol. The van der Waals surface area contributed by atoms with Crippen molar-refractivity contribution in [3.63, 3.8) is 0 Å². The van der Waals surface area contributed by atoms with Gasteiger partial charge in [-0.15, -0.1) is 0 Å². The maximum atomic E-state index is 9.67. The molecule has 3 heteroatoms. The van der Waals surface area contributed by atoms with Crippen molar-refractivity contribution in [1.82, 2.24) is 0 Å². The number of aryl methyl sites for hydroxylation is 1. The van der Waals surface area contributed by atoms with Crippen LogP contribution in [-0.4, -0.2) is 23.9 Å². The zero-order valence-corrected chi connectivity index (χ0v) is 10.1. The second kappa shape index (κ2) is 5.87. The van der Waals surface area contributed by atoms with Crippen molar-refractivity contribution < 1.29 is 9.84 Å². The molecule has 1 aromatic carbocycles. The second-order valence-corrected chi connectivity index (χ2v) is 4.38. The summed E-state index contributed by atoms with van der Waals surface area (Å²) in [6.45, 7) is 4.23. The Kier molecular flexibility index (Phi) is 4.77. The largest absolute Gasteiger partial charge is 0.491 e. The lowest BCUT2D eigenvalue weighted by atomic mass is 10.1. The molecule has 1 atom stereocenters. The summed E-state index contributed by atoms with van der Waals surface area (Å²) in [4.78, 5) is 0. The smallest absolute Gasteiger partial charge is 0.119 e. The van der Waals surface area contributed by atoms with Crippen molar-refractivity contribution in [1.29, 1.82) is 0 Å². The van der Waals surface area contributed by atoms with Gasteiger partial charge in [0.25, 0.3) is 0 Å². The number of hydrogen-bond donors (Lipinski definition) is 2. The van der Waals surface area contributed by atoms with E-state index in [1.807, 2.05) is 12.1 Å². The van der Waals surface area contributed by atoms with E-state index in [-0.39, 0.29) is 13.2 Å². The molecule has 3 N–H and O–H groups in total. The van der Waals surface area contributed by atoms with Crippen molar-refractivity contribution in [2.24, 2.45) is 5.73 Å². The molecule has 0 radical (unpaired) electrons. The maximum Gasteiger partial charge on any atom is 0.119 e. The molecule has 1 unspecified atom stereocenters. The highest BCUT2D eigenvalue weighted by Crippen LogP contribution is 2.15. The van der Waals surface area contributed by atoms with Crippen LogP contribution in [0.1, 0.15) is 25.8 Å². The van der Waals surface area contributed by atoms with Crippen LogP contribution in [0.15, 0.2) is 24.3 Å². The molecule has 0 heterocycles. The maximum absolute atomic E-state index is 9.67. The van der Waals surface area contributed by atoms with Crippen molar-refractivity contribution in [3.8, 4) is 5.75 Å². The Morgan fingerprint density at radius 1 is 1.31 bits per heavy atom. The van der Waals surface area contributed by atoms with Crippen molar-refractivity contribution in [2.45, 2.75) is 32.3 Å². The zero-order valence-electron chi connectivity index (χ0n) is 10.1. The molecular weight excluding hydrogens is 202 g/mol. The second-order valence-electron chi connectivity index (χ2n) is 4.38. The SMILES string of the molecule is CCCc1ccc(OCC(C)(O)CN)cc1. The number of rotatable bonds is 6. The van der Waals surface area contributed by atoms with Gasteiger partial charge in [0.2, 0.25) is 0 Å². The average Bonchev–Trinajstić information content (AvgIpc) is 2.29. The minimum absolute atomic E-state index is 0.195. The summed E-state index contributed by atoms with van der Waals surface area (Å²) in [6.07, 6.45) is 2.23. The molecule has 0 aliphatic rings. The van der Waals surface area contributed by atoms with Crippen LogP contribution in [0.2, 0.25) is 0 Å². The molecule has 0 saturated heterocycles. The average molecular weight is 223 g/mol. The van der Waals surface area contributed by atoms with Gasteiger partial charge in [0.15, 0.2) is 0 Å². The normalized spacial score (nSPS) is 14.5. The first-order valence-corrected chi connectivity index (χ1v) is 5.71. The molecule has 0 bridgehead atoms. The molecule has 16 heavy (non-hydrogen) atoms. The fourth-order valence-corrected chi connectivity index (χ4v) is 1.34. The van der Waals surface area contributed by atoms with E-state index in [2.05, 4.69) is 19.1 Å². The molecule has 0 amide bonds. The zero-order chi connectivity index (χ0) is 12.0. The van der Waals surface area contributed by atoms with E-state index in [1.165, 1.54) is 5.56 Å². The topological polar surface area (TPSA) is 55.5 Å². The van der Waals surface area contributed by atoms with Gasteiger partial charge < -0.3 is 15.6 Å². The highest BCUT2D eigenvalue weighted by atomic mass is 16.5. The highest BCUT2D eigenvalue weighted by molar-refractivity contribution is 5.27. The van der Waals surface area contributed by atoms with Gasteiger partial charge in [0, 0.05) is 6.54 Å². The third kappa shape index (κ3) is 4.21. The molecule has 0 aliphatic heterocycles. The van der Waals surface area contributed by atoms with E-state index in [4.69, 9.17) is 10.5 Å². The predicted octanol–water partition coefficient (Wildman–Crippen LogP) is 1.73. The Morgan fingerprint density at radius 3 is 2.44 bits per heavy atom. The van der Waals surface area contributed by atoms with Crippen LogP contribution in [0, 0.1) is 0 Å². The van der Waals surface area contributed by atoms with Gasteiger partial charge >= 0.3 is 0 Å². The Morgan fingerprint density at radius 2 is 1.94 bits per heavy atom. The van der Waals surface area contributed by atoms with Crippen LogP contribution in [0.3, 0.4) is 0 Å². The lowest BCUT2D eigenvalue weighted by Gasteiger charge is -2.21. The highest BCUT2D eigenvalue weighted by Gasteiger charge is 2.18. The third-order valence-corrected chi connectivity index (χ3v) is 2.45. The van der Waals surface area contributed by atoms with Crippen molar-refractivity contribution in [2.75, 3.05) is 13.2 Å². The molecule has 0 fully saturated rings. The molecule has 0 aromatic heterocycles. The number of nitrogens with two attached hydrogens (primary N) is 1. The number of ether oxygens (including phenoxy) is 1. The summed E-state index contributed by atoms with van der Waals surface area (Å²) in [5.41, 5.74) is 5.75. The third-order valence-electron chi connectivity index (χ3n) is 2.45. The van der Waals surface area contributed by atoms with E-state index in [0.29, 0.717) is 0 Å². The minimum atomic E-state index is -0.956. The number of aliphatic hydroxyl groups is 1. The van der Waals surface area contributed by atoms with Gasteiger partial charge in [-0.25, -0.2) is 0 Å². The summed E-state index contributed by atoms with van der Waals surface area (Å²) in [5.74, 6) is 0.772. The summed E-state index contributed by atoms with van der Waals surface area (Å²) in [6, 6.07) is 7.96. The minimum Gasteiger partial charge on any atom is -0.491 e. The quantitative estimate of drug-likeness (QED) is 0.772. The van der Waals surface area contributed by atoms with Crippen molar-refractivity contribution in [3.05, 3.63) is 29.8 Å². The fourth-order valence-electron chi connectivity index (χ4n) is 1.34. The summed E-state index contributed by atoms with van der Waals surface area (Å²) >= 11 is 0. The molecule has 0 aliphatic carbocycles. The fraction of sp³-hybridized carbons (Fsp3) is 0.538. The molecule has 90 valence electrons. The van der Waals surface area contributed by atoms with Gasteiger partial charge in [0.05, 0.1) is 0 Å². The van der Waals surface area contributed by atoms with Crippen LogP contribution >= 0.6 is 0 Å². The van der Waals surface area contributed by atoms with Gasteiger partial charge in [-0.3, -0.25) is 0 Å². The van der Waals surface area contributed by atoms with Crippen molar-refractivity contribution >= 4 is 0 Å². The van der Waals surface area contributed by atoms with Crippen LogP contribution in [0.5, 0.6) is 5.75 Å². The van der Waals surface area contributed by atoms with Gasteiger partial charge in [-0.1, -0.05) is 25.5 Å². The van der Waals surface area contributed by atoms with E-state index in [0.717, 1.165) is 18.6 Å². The Balaban J connectivity index is 2.49. The van der Waals surface area contributed by atoms with Gasteiger partial charge in [0.1, 0.15) is 18.0 Å². The van der Waals surface area contributed by atoms with E-state index < -0.39 is 5.60 Å². The Hall–Kier alpha value is -1.06. The molecule has 1 rings (SSSR count). The lowest BCUT2D eigenvalue weighted by Crippen LogP contribution is -2.40.